The maximum Gasteiger partial charge on any atom is 0.472 e. The van der Waals surface area contributed by atoms with Crippen molar-refractivity contribution in [2.75, 3.05) is 6.61 Å². The van der Waals surface area contributed by atoms with E-state index in [1.54, 1.807) is 0 Å². The molecule has 1 fully saturated rings. The van der Waals surface area contributed by atoms with Gasteiger partial charge >= 0.3 is 7.82 Å². The molecule has 0 aliphatic heterocycles. The maximum absolute atomic E-state index is 13.1. The first-order valence-corrected chi connectivity index (χ1v) is 28.1. The van der Waals surface area contributed by atoms with Crippen molar-refractivity contribution in [1.82, 2.24) is 5.32 Å². The Morgan fingerprint density at radius 3 is 1.12 bits per heavy atom. The molecule has 0 saturated heterocycles. The van der Waals surface area contributed by atoms with Gasteiger partial charge in [0.1, 0.15) is 36.6 Å². The van der Waals surface area contributed by atoms with Gasteiger partial charge in [0.25, 0.3) is 0 Å². The van der Waals surface area contributed by atoms with Crippen LogP contribution in [0.4, 0.5) is 0 Å². The van der Waals surface area contributed by atoms with E-state index < -0.39 is 75.2 Å². The van der Waals surface area contributed by atoms with Gasteiger partial charge in [-0.3, -0.25) is 13.8 Å². The van der Waals surface area contributed by atoms with Crippen LogP contribution in [0, 0.1) is 0 Å². The Morgan fingerprint density at radius 1 is 0.484 bits per heavy atom. The molecule has 0 aromatic rings. The first-order valence-electron chi connectivity index (χ1n) is 26.6. The standard InChI is InChI=1S/C50H100NO12P/c1-3-5-7-9-11-13-15-17-19-21-22-23-25-27-29-31-33-35-37-41(52)39-44(54)51-42(40-62-64(60,61)63-50-48(58)46(56)45(55)47(57)49(50)59)43(53)38-36-34-32-30-28-26-24-20-18-16-14-12-10-8-6-4-2/h41-43,45-50,52-53,55-59H,3-40H2,1-2H3,(H,51,54)(H,60,61). The van der Waals surface area contributed by atoms with Crippen LogP contribution in [0.2, 0.25) is 0 Å². The summed E-state index contributed by atoms with van der Waals surface area (Å²) in [5.41, 5.74) is 0. The summed E-state index contributed by atoms with van der Waals surface area (Å²) >= 11 is 0. The van der Waals surface area contributed by atoms with Gasteiger partial charge in [0.15, 0.2) is 0 Å². The van der Waals surface area contributed by atoms with Crippen molar-refractivity contribution in [3.8, 4) is 0 Å². The molecule has 382 valence electrons. The molecule has 0 spiro atoms. The number of carbonyl (C=O) groups excluding carboxylic acids is 1. The smallest absolute Gasteiger partial charge is 0.393 e. The summed E-state index contributed by atoms with van der Waals surface area (Å²) in [6, 6.07) is -1.15. The number of amides is 1. The van der Waals surface area contributed by atoms with Crippen LogP contribution in [0.25, 0.3) is 0 Å². The molecule has 1 saturated carbocycles. The molecule has 0 bridgehead atoms. The molecule has 1 amide bonds. The Kier molecular flexibility index (Phi) is 38.5. The van der Waals surface area contributed by atoms with E-state index in [0.29, 0.717) is 12.8 Å². The molecule has 14 heteroatoms. The minimum absolute atomic E-state index is 0.215. The van der Waals surface area contributed by atoms with Crippen molar-refractivity contribution in [1.29, 1.82) is 0 Å². The van der Waals surface area contributed by atoms with Crippen molar-refractivity contribution in [2.45, 2.75) is 306 Å². The molecule has 8 atom stereocenters. The van der Waals surface area contributed by atoms with Crippen LogP contribution >= 0.6 is 7.82 Å². The van der Waals surface area contributed by atoms with Crippen molar-refractivity contribution < 1.29 is 59.0 Å². The molecular formula is C50H100NO12P. The SMILES string of the molecule is CCCCCCCCCCCCCCCCCCCCC(O)CC(=O)NC(COP(=O)(O)OC1C(O)C(O)C(O)C(O)C1O)C(O)CCCCCCCCCCCCCCCCCC. The molecular weight excluding hydrogens is 838 g/mol. The summed E-state index contributed by atoms with van der Waals surface area (Å²) in [7, 11) is -5.12. The second kappa shape index (κ2) is 40.2. The van der Waals surface area contributed by atoms with Gasteiger partial charge in [-0.05, 0) is 12.8 Å². The average Bonchev–Trinajstić information content (AvgIpc) is 3.27. The fraction of sp³-hybridized carbons (Fsp3) is 0.980. The molecule has 0 aromatic heterocycles. The zero-order valence-corrected chi connectivity index (χ0v) is 41.6. The number of rotatable bonds is 45. The molecule has 0 heterocycles. The van der Waals surface area contributed by atoms with Crippen LogP contribution in [0.5, 0.6) is 0 Å². The fourth-order valence-corrected chi connectivity index (χ4v) is 9.86. The summed E-state index contributed by atoms with van der Waals surface area (Å²) < 4.78 is 23.0. The number of aliphatic hydroxyl groups excluding tert-OH is 7. The molecule has 9 N–H and O–H groups in total. The first-order chi connectivity index (χ1) is 30.8. The predicted octanol–water partition coefficient (Wildman–Crippen LogP) is 9.99. The highest BCUT2D eigenvalue weighted by molar-refractivity contribution is 7.47. The Bertz CT molecular complexity index is 1110. The average molecular weight is 938 g/mol. The number of phosphoric acid groups is 1. The number of carbonyl (C=O) groups is 1. The monoisotopic (exact) mass is 938 g/mol. The van der Waals surface area contributed by atoms with Crippen LogP contribution in [-0.2, 0) is 18.4 Å². The second-order valence-corrected chi connectivity index (χ2v) is 20.7. The molecule has 1 aliphatic rings. The minimum Gasteiger partial charge on any atom is -0.393 e. The number of unbranched alkanes of at least 4 members (excludes halogenated alkanes) is 32. The van der Waals surface area contributed by atoms with Gasteiger partial charge in [0.2, 0.25) is 5.91 Å². The Morgan fingerprint density at radius 2 is 0.781 bits per heavy atom. The number of hydrogen-bond acceptors (Lipinski definition) is 11. The van der Waals surface area contributed by atoms with E-state index in [4.69, 9.17) is 9.05 Å². The minimum atomic E-state index is -5.12. The van der Waals surface area contributed by atoms with Crippen LogP contribution in [-0.4, -0.2) is 108 Å². The summed E-state index contributed by atoms with van der Waals surface area (Å²) in [5, 5.41) is 74.9. The first kappa shape index (κ1) is 61.3. The van der Waals surface area contributed by atoms with Crippen LogP contribution in [0.15, 0.2) is 0 Å². The van der Waals surface area contributed by atoms with Gasteiger partial charge in [-0.2, -0.15) is 0 Å². The Balaban J connectivity index is 2.43. The van der Waals surface area contributed by atoms with E-state index in [1.165, 1.54) is 161 Å². The Labute approximate surface area is 389 Å². The lowest BCUT2D eigenvalue weighted by Crippen LogP contribution is -2.64. The fourth-order valence-electron chi connectivity index (χ4n) is 8.90. The molecule has 8 unspecified atom stereocenters. The highest BCUT2D eigenvalue weighted by Gasteiger charge is 2.51. The number of aliphatic hydroxyl groups is 7. The van der Waals surface area contributed by atoms with E-state index in [1.807, 2.05) is 0 Å². The number of nitrogens with one attached hydrogen (secondary N) is 1. The summed E-state index contributed by atoms with van der Waals surface area (Å²) in [6.07, 6.45) is 28.5. The molecule has 1 rings (SSSR count). The van der Waals surface area contributed by atoms with E-state index >= 15 is 0 Å². The van der Waals surface area contributed by atoms with Crippen LogP contribution in [0.3, 0.4) is 0 Å². The van der Waals surface area contributed by atoms with Gasteiger partial charge in [-0.25, -0.2) is 4.57 Å². The lowest BCUT2D eigenvalue weighted by atomic mass is 9.85. The predicted molar refractivity (Wildman–Crippen MR) is 257 cm³/mol. The zero-order valence-electron chi connectivity index (χ0n) is 40.7. The van der Waals surface area contributed by atoms with E-state index in [2.05, 4.69) is 19.2 Å². The zero-order chi connectivity index (χ0) is 47.3. The summed E-state index contributed by atoms with van der Waals surface area (Å²) in [4.78, 5) is 23.6. The lowest BCUT2D eigenvalue weighted by molar-refractivity contribution is -0.220. The van der Waals surface area contributed by atoms with Crippen molar-refractivity contribution in [2.24, 2.45) is 0 Å². The van der Waals surface area contributed by atoms with Gasteiger partial charge in [-0.1, -0.05) is 232 Å². The van der Waals surface area contributed by atoms with Gasteiger partial charge < -0.3 is 46.0 Å². The highest BCUT2D eigenvalue weighted by atomic mass is 31.2. The number of hydrogen-bond donors (Lipinski definition) is 9. The normalized spacial score (nSPS) is 22.6. The third kappa shape index (κ3) is 31.4. The maximum atomic E-state index is 13.1. The molecule has 0 aromatic carbocycles. The van der Waals surface area contributed by atoms with Crippen molar-refractivity contribution in [3.63, 3.8) is 0 Å². The third-order valence-electron chi connectivity index (χ3n) is 13.2. The van der Waals surface area contributed by atoms with E-state index in [0.717, 1.165) is 51.4 Å². The highest BCUT2D eigenvalue weighted by Crippen LogP contribution is 2.47. The lowest BCUT2D eigenvalue weighted by Gasteiger charge is -2.41. The molecule has 64 heavy (non-hydrogen) atoms. The van der Waals surface area contributed by atoms with E-state index in [9.17, 15) is 50.0 Å². The van der Waals surface area contributed by atoms with Crippen LogP contribution < -0.4 is 5.32 Å². The quantitative estimate of drug-likeness (QED) is 0.0205. The Hall–Kier alpha value is -0.700. The van der Waals surface area contributed by atoms with Gasteiger partial charge in [0, 0.05) is 0 Å². The molecule has 0 radical (unpaired) electrons. The number of phosphoric ester groups is 1. The van der Waals surface area contributed by atoms with Crippen molar-refractivity contribution in [3.05, 3.63) is 0 Å². The van der Waals surface area contributed by atoms with E-state index in [-0.39, 0.29) is 12.8 Å². The molecule has 13 nitrogen and oxygen atoms in total. The van der Waals surface area contributed by atoms with Crippen LogP contribution in [0.1, 0.15) is 251 Å². The third-order valence-corrected chi connectivity index (χ3v) is 14.2. The topological polar surface area (TPSA) is 226 Å². The summed E-state index contributed by atoms with van der Waals surface area (Å²) in [5.74, 6) is -0.554. The largest absolute Gasteiger partial charge is 0.472 e. The summed E-state index contributed by atoms with van der Waals surface area (Å²) in [6.45, 7) is 3.83. The van der Waals surface area contributed by atoms with Gasteiger partial charge in [-0.15, -0.1) is 0 Å². The molecule has 1 aliphatic carbocycles. The van der Waals surface area contributed by atoms with Gasteiger partial charge in [0.05, 0.1) is 31.3 Å². The second-order valence-electron chi connectivity index (χ2n) is 19.3. The van der Waals surface area contributed by atoms with Crippen molar-refractivity contribution >= 4 is 13.7 Å².